The van der Waals surface area contributed by atoms with Gasteiger partial charge in [-0.3, -0.25) is 9.20 Å². The molecule has 1 aliphatic carbocycles. The van der Waals surface area contributed by atoms with Crippen LogP contribution in [0.3, 0.4) is 0 Å². The van der Waals surface area contributed by atoms with Crippen LogP contribution in [0.2, 0.25) is 0 Å². The van der Waals surface area contributed by atoms with Crippen molar-refractivity contribution in [1.82, 2.24) is 8.97 Å². The molecule has 4 nitrogen and oxygen atoms in total. The summed E-state index contributed by atoms with van der Waals surface area (Å²) >= 11 is 0. The van der Waals surface area contributed by atoms with Crippen molar-refractivity contribution >= 4 is 16.7 Å². The van der Waals surface area contributed by atoms with E-state index in [-0.39, 0.29) is 5.56 Å². The molecule has 22 heavy (non-hydrogen) atoms. The van der Waals surface area contributed by atoms with Crippen LogP contribution in [0.4, 0.5) is 0 Å². The number of benzene rings is 1. The van der Waals surface area contributed by atoms with Crippen LogP contribution in [0, 0.1) is 11.3 Å². The predicted molar refractivity (Wildman–Crippen MR) is 86.2 cm³/mol. The molecule has 0 fully saturated rings. The number of nitrogens with zero attached hydrogens (tertiary/aromatic N) is 3. The van der Waals surface area contributed by atoms with Crippen LogP contribution >= 0.6 is 0 Å². The third kappa shape index (κ3) is 1.54. The van der Waals surface area contributed by atoms with E-state index in [9.17, 15) is 10.1 Å². The molecule has 0 bridgehead atoms. The van der Waals surface area contributed by atoms with Gasteiger partial charge in [-0.2, -0.15) is 5.26 Å². The Labute approximate surface area is 128 Å². The Morgan fingerprint density at radius 2 is 1.82 bits per heavy atom. The fourth-order valence-electron chi connectivity index (χ4n) is 3.81. The average Bonchev–Trinajstić information content (AvgIpc) is 2.90. The smallest absolute Gasteiger partial charge is 0.260 e. The largest absolute Gasteiger partial charge is 0.325 e. The zero-order valence-electron chi connectivity index (χ0n) is 12.6. The van der Waals surface area contributed by atoms with Crippen LogP contribution in [0.1, 0.15) is 36.5 Å². The maximum Gasteiger partial charge on any atom is 0.260 e. The second kappa shape index (κ2) is 4.74. The van der Waals surface area contributed by atoms with Gasteiger partial charge < -0.3 is 4.57 Å². The molecule has 2 heterocycles. The van der Waals surface area contributed by atoms with Crippen molar-refractivity contribution in [2.24, 2.45) is 0 Å². The Morgan fingerprint density at radius 3 is 2.50 bits per heavy atom. The summed E-state index contributed by atoms with van der Waals surface area (Å²) in [6.07, 6.45) is 3.72. The van der Waals surface area contributed by atoms with E-state index in [0.29, 0.717) is 5.56 Å². The van der Waals surface area contributed by atoms with Gasteiger partial charge in [-0.25, -0.2) is 0 Å². The molecule has 0 spiro atoms. The summed E-state index contributed by atoms with van der Waals surface area (Å²) in [5.41, 5.74) is 5.25. The van der Waals surface area contributed by atoms with Crippen LogP contribution < -0.4 is 5.56 Å². The first-order valence-corrected chi connectivity index (χ1v) is 7.85. The van der Waals surface area contributed by atoms with Gasteiger partial charge in [0.2, 0.25) is 0 Å². The van der Waals surface area contributed by atoms with Crippen molar-refractivity contribution in [2.75, 3.05) is 0 Å². The highest BCUT2D eigenvalue weighted by Crippen LogP contribution is 2.28. The van der Waals surface area contributed by atoms with Gasteiger partial charge in [-0.05, 0) is 50.3 Å². The van der Waals surface area contributed by atoms with Gasteiger partial charge in [-0.1, -0.05) is 12.1 Å². The van der Waals surface area contributed by atoms with Crippen LogP contribution in [0.15, 0.2) is 29.1 Å². The molecule has 4 heteroatoms. The molecule has 0 saturated heterocycles. The maximum atomic E-state index is 13.0. The van der Waals surface area contributed by atoms with E-state index in [0.717, 1.165) is 60.0 Å². The number of hydrogen-bond acceptors (Lipinski definition) is 2. The van der Waals surface area contributed by atoms with E-state index >= 15 is 0 Å². The van der Waals surface area contributed by atoms with Gasteiger partial charge in [-0.15, -0.1) is 0 Å². The van der Waals surface area contributed by atoms with Crippen LogP contribution in [0.5, 0.6) is 0 Å². The molecule has 1 aromatic carbocycles. The highest BCUT2D eigenvalue weighted by Gasteiger charge is 2.24. The van der Waals surface area contributed by atoms with Gasteiger partial charge >= 0.3 is 0 Å². The van der Waals surface area contributed by atoms with Crippen molar-refractivity contribution in [1.29, 1.82) is 5.26 Å². The highest BCUT2D eigenvalue weighted by molar-refractivity contribution is 5.84. The van der Waals surface area contributed by atoms with Crippen molar-refractivity contribution in [3.63, 3.8) is 0 Å². The molecular weight excluding hydrogens is 274 g/mol. The lowest BCUT2D eigenvalue weighted by Gasteiger charge is -2.17. The van der Waals surface area contributed by atoms with E-state index in [1.807, 2.05) is 24.3 Å². The van der Waals surface area contributed by atoms with E-state index in [4.69, 9.17) is 0 Å². The summed E-state index contributed by atoms with van der Waals surface area (Å²) in [6.45, 7) is 2.79. The average molecular weight is 291 g/mol. The number of hydrogen-bond donors (Lipinski definition) is 0. The second-order valence-electron chi connectivity index (χ2n) is 5.85. The molecule has 0 saturated carbocycles. The Balaban J connectivity index is 2.34. The Kier molecular flexibility index (Phi) is 2.83. The summed E-state index contributed by atoms with van der Waals surface area (Å²) in [5.74, 6) is 0. The molecule has 0 atom stereocenters. The zero-order chi connectivity index (χ0) is 15.3. The second-order valence-corrected chi connectivity index (χ2v) is 5.85. The molecule has 2 aromatic heterocycles. The van der Waals surface area contributed by atoms with Crippen molar-refractivity contribution < 1.29 is 0 Å². The third-order valence-electron chi connectivity index (χ3n) is 4.76. The first-order chi connectivity index (χ1) is 10.8. The molecule has 0 aliphatic heterocycles. The first-order valence-electron chi connectivity index (χ1n) is 7.85. The molecule has 0 N–H and O–H groups in total. The van der Waals surface area contributed by atoms with Crippen molar-refractivity contribution in [3.05, 3.63) is 51.3 Å². The summed E-state index contributed by atoms with van der Waals surface area (Å²) in [5, 5.41) is 9.75. The summed E-state index contributed by atoms with van der Waals surface area (Å²) in [4.78, 5) is 13.0. The van der Waals surface area contributed by atoms with Gasteiger partial charge in [0.1, 0.15) is 11.7 Å². The molecule has 3 aromatic rings. The molecule has 110 valence electrons. The lowest BCUT2D eigenvalue weighted by atomic mass is 9.90. The predicted octanol–water partition coefficient (Wildman–Crippen LogP) is 3.02. The standard InChI is InChI=1S/C18H17N3O/c1-2-20-15-9-5-6-10-16(15)21-17(20)14(11-19)12-7-3-4-8-13(12)18(21)22/h5-6,9-10H,2-4,7-8H2,1H3. The van der Waals surface area contributed by atoms with Crippen LogP contribution in [-0.2, 0) is 19.4 Å². The van der Waals surface area contributed by atoms with Gasteiger partial charge in [0.15, 0.2) is 0 Å². The van der Waals surface area contributed by atoms with Gasteiger partial charge in [0.25, 0.3) is 5.56 Å². The van der Waals surface area contributed by atoms with E-state index in [1.165, 1.54) is 0 Å². The third-order valence-corrected chi connectivity index (χ3v) is 4.76. The van der Waals surface area contributed by atoms with E-state index in [1.54, 1.807) is 4.40 Å². The number of fused-ring (bicyclic) bond motifs is 4. The fraction of sp³-hybridized carbons (Fsp3) is 0.333. The van der Waals surface area contributed by atoms with E-state index in [2.05, 4.69) is 17.6 Å². The van der Waals surface area contributed by atoms with Gasteiger partial charge in [0.05, 0.1) is 16.6 Å². The minimum absolute atomic E-state index is 0.0621. The normalized spacial score (nSPS) is 14.2. The number of para-hydroxylation sites is 2. The number of imidazole rings is 1. The van der Waals surface area contributed by atoms with Crippen LogP contribution in [-0.4, -0.2) is 8.97 Å². The molecule has 0 radical (unpaired) electrons. The fourth-order valence-corrected chi connectivity index (χ4v) is 3.81. The zero-order valence-corrected chi connectivity index (χ0v) is 12.6. The summed E-state index contributed by atoms with van der Waals surface area (Å²) in [6, 6.07) is 10.3. The highest BCUT2D eigenvalue weighted by atomic mass is 16.1. The molecular formula is C18H17N3O. The topological polar surface area (TPSA) is 50.2 Å². The van der Waals surface area contributed by atoms with Crippen molar-refractivity contribution in [2.45, 2.75) is 39.2 Å². The minimum atomic E-state index is 0.0621. The SMILES string of the molecule is CCn1c2ccccc2n2c(=O)c3c(c(C#N)c12)CCCC3. The Hall–Kier alpha value is -2.54. The van der Waals surface area contributed by atoms with Gasteiger partial charge in [0, 0.05) is 12.1 Å². The molecule has 1 aliphatic rings. The Morgan fingerprint density at radius 1 is 1.14 bits per heavy atom. The summed E-state index contributed by atoms with van der Waals surface area (Å²) < 4.78 is 3.84. The lowest BCUT2D eigenvalue weighted by molar-refractivity contribution is 0.672. The monoisotopic (exact) mass is 291 g/mol. The molecule has 0 amide bonds. The lowest BCUT2D eigenvalue weighted by Crippen LogP contribution is -2.24. The number of pyridine rings is 1. The number of nitriles is 1. The number of aromatic nitrogens is 2. The maximum absolute atomic E-state index is 13.0. The number of aryl methyl sites for hydroxylation is 1. The molecule has 4 rings (SSSR count). The Bertz CT molecular complexity index is 1000. The minimum Gasteiger partial charge on any atom is -0.325 e. The van der Waals surface area contributed by atoms with Crippen LogP contribution in [0.25, 0.3) is 16.7 Å². The number of rotatable bonds is 1. The summed E-state index contributed by atoms with van der Waals surface area (Å²) in [7, 11) is 0. The quantitative estimate of drug-likeness (QED) is 0.692. The van der Waals surface area contributed by atoms with Crippen molar-refractivity contribution in [3.8, 4) is 6.07 Å². The first kappa shape index (κ1) is 13.1. The molecule has 0 unspecified atom stereocenters. The van der Waals surface area contributed by atoms with E-state index < -0.39 is 0 Å².